The Kier molecular flexibility index (Phi) is 46.5. The van der Waals surface area contributed by atoms with Crippen molar-refractivity contribution in [3.05, 3.63) is 85.1 Å². The highest BCUT2D eigenvalue weighted by Crippen LogP contribution is 2.14. The van der Waals surface area contributed by atoms with E-state index in [0.29, 0.717) is 19.3 Å². The highest BCUT2D eigenvalue weighted by Gasteiger charge is 2.19. The zero-order chi connectivity index (χ0) is 44.4. The van der Waals surface area contributed by atoms with Crippen LogP contribution >= 0.6 is 0 Å². The van der Waals surface area contributed by atoms with Crippen LogP contribution in [0.5, 0.6) is 0 Å². The van der Waals surface area contributed by atoms with Gasteiger partial charge in [-0.1, -0.05) is 215 Å². The molecule has 0 radical (unpaired) electrons. The van der Waals surface area contributed by atoms with Gasteiger partial charge in [0.15, 0.2) is 6.10 Å². The van der Waals surface area contributed by atoms with Crippen molar-refractivity contribution < 1.29 is 28.6 Å². The maximum atomic E-state index is 12.7. The Labute approximate surface area is 375 Å². The van der Waals surface area contributed by atoms with E-state index in [4.69, 9.17) is 14.2 Å². The molecule has 0 aliphatic heterocycles. The smallest absolute Gasteiger partial charge is 0.306 e. The molecular weight excluding hydrogens is 757 g/mol. The van der Waals surface area contributed by atoms with E-state index >= 15 is 0 Å². The fourth-order valence-electron chi connectivity index (χ4n) is 6.68. The first-order chi connectivity index (χ1) is 30.0. The van der Waals surface area contributed by atoms with Gasteiger partial charge in [-0.3, -0.25) is 14.4 Å². The lowest BCUT2D eigenvalue weighted by atomic mass is 10.1. The third kappa shape index (κ3) is 47.5. The standard InChI is InChI=1S/C55H92O6/c1-4-7-10-13-16-19-22-24-25-26-27-28-29-31-33-36-39-42-45-48-54(57)60-51-52(50-59-53(56)47-44-41-38-35-32-21-18-15-12-9-6-3)61-55(58)49-46-43-40-37-34-30-23-20-17-14-11-8-5-2/h8,11,14-15,17-18,20,23,26-27,30,34,37,40,52H,4-7,9-10,12-13,16,19,21-22,24-25,28-29,31-33,35-36,38-39,41-51H2,1-3H3/b11-8-,17-14-,18-15-,23-20-,27-26-,34-30-,40-37-. The van der Waals surface area contributed by atoms with Crippen LogP contribution in [0, 0.1) is 0 Å². The second-order valence-corrected chi connectivity index (χ2v) is 16.5. The van der Waals surface area contributed by atoms with Crippen molar-refractivity contribution in [2.45, 2.75) is 232 Å². The molecule has 0 aromatic carbocycles. The second-order valence-electron chi connectivity index (χ2n) is 16.5. The molecule has 6 nitrogen and oxygen atoms in total. The summed E-state index contributed by atoms with van der Waals surface area (Å²) in [5.74, 6) is -1.00. The lowest BCUT2D eigenvalue weighted by Crippen LogP contribution is -2.30. The van der Waals surface area contributed by atoms with Gasteiger partial charge in [0.2, 0.25) is 0 Å². The predicted octanol–water partition coefficient (Wildman–Crippen LogP) is 16.4. The maximum Gasteiger partial charge on any atom is 0.306 e. The van der Waals surface area contributed by atoms with Crippen LogP contribution < -0.4 is 0 Å². The van der Waals surface area contributed by atoms with Crippen molar-refractivity contribution in [2.75, 3.05) is 13.2 Å². The molecule has 61 heavy (non-hydrogen) atoms. The maximum absolute atomic E-state index is 12.7. The summed E-state index contributed by atoms with van der Waals surface area (Å²) in [7, 11) is 0. The third-order valence-corrected chi connectivity index (χ3v) is 10.5. The topological polar surface area (TPSA) is 78.9 Å². The molecular formula is C55H92O6. The molecule has 0 saturated heterocycles. The molecule has 6 heteroatoms. The van der Waals surface area contributed by atoms with Crippen LogP contribution in [-0.4, -0.2) is 37.2 Å². The average molecular weight is 849 g/mol. The molecule has 0 spiro atoms. The predicted molar refractivity (Wildman–Crippen MR) is 261 cm³/mol. The minimum absolute atomic E-state index is 0.111. The van der Waals surface area contributed by atoms with Gasteiger partial charge in [-0.15, -0.1) is 0 Å². The summed E-state index contributed by atoms with van der Waals surface area (Å²) in [4.78, 5) is 37.8. The summed E-state index contributed by atoms with van der Waals surface area (Å²) < 4.78 is 16.7. The van der Waals surface area contributed by atoms with E-state index in [2.05, 4.69) is 51.2 Å². The molecule has 1 unspecified atom stereocenters. The molecule has 0 fully saturated rings. The van der Waals surface area contributed by atoms with Crippen LogP contribution in [0.15, 0.2) is 85.1 Å². The van der Waals surface area contributed by atoms with E-state index in [0.717, 1.165) is 64.2 Å². The van der Waals surface area contributed by atoms with Crippen molar-refractivity contribution in [3.8, 4) is 0 Å². The normalized spacial score (nSPS) is 12.8. The van der Waals surface area contributed by atoms with Crippen molar-refractivity contribution in [1.29, 1.82) is 0 Å². The highest BCUT2D eigenvalue weighted by atomic mass is 16.6. The molecule has 0 rings (SSSR count). The summed E-state index contributed by atoms with van der Waals surface area (Å²) in [5, 5.41) is 0. The molecule has 0 amide bonds. The Morgan fingerprint density at radius 2 is 0.689 bits per heavy atom. The molecule has 0 aromatic heterocycles. The van der Waals surface area contributed by atoms with Gasteiger partial charge in [0.25, 0.3) is 0 Å². The summed E-state index contributed by atoms with van der Waals surface area (Å²) in [6, 6.07) is 0. The van der Waals surface area contributed by atoms with E-state index in [1.54, 1.807) is 0 Å². The van der Waals surface area contributed by atoms with Crippen LogP contribution in [0.3, 0.4) is 0 Å². The number of unbranched alkanes of at least 4 members (excludes halogenated alkanes) is 23. The van der Waals surface area contributed by atoms with Crippen molar-refractivity contribution >= 4 is 17.9 Å². The summed E-state index contributed by atoms with van der Waals surface area (Å²) in [5.41, 5.74) is 0. The molecule has 348 valence electrons. The van der Waals surface area contributed by atoms with Crippen molar-refractivity contribution in [2.24, 2.45) is 0 Å². The van der Waals surface area contributed by atoms with Crippen molar-refractivity contribution in [1.82, 2.24) is 0 Å². The monoisotopic (exact) mass is 849 g/mol. The Morgan fingerprint density at radius 1 is 0.344 bits per heavy atom. The molecule has 0 aliphatic rings. The van der Waals surface area contributed by atoms with Crippen LogP contribution in [0.2, 0.25) is 0 Å². The lowest BCUT2D eigenvalue weighted by molar-refractivity contribution is -0.167. The zero-order valence-corrected chi connectivity index (χ0v) is 39.7. The zero-order valence-electron chi connectivity index (χ0n) is 39.7. The third-order valence-electron chi connectivity index (χ3n) is 10.5. The molecule has 0 aliphatic carbocycles. The van der Waals surface area contributed by atoms with E-state index in [1.165, 1.54) is 116 Å². The first-order valence-electron chi connectivity index (χ1n) is 25.2. The van der Waals surface area contributed by atoms with Gasteiger partial charge < -0.3 is 14.2 Å². The van der Waals surface area contributed by atoms with Crippen molar-refractivity contribution in [3.63, 3.8) is 0 Å². The molecule has 0 N–H and O–H groups in total. The first-order valence-corrected chi connectivity index (χ1v) is 25.2. The Morgan fingerprint density at radius 3 is 1.13 bits per heavy atom. The second kappa shape index (κ2) is 49.2. The SMILES string of the molecule is CC\C=C/C=C\C=C/C=C\C=C/CCCC(=O)OC(COC(=O)CCCCCCC/C=C\CCCC)COC(=O)CCCCCCCCC/C=C\CCCCCCCCCC. The van der Waals surface area contributed by atoms with E-state index in [-0.39, 0.29) is 37.5 Å². The minimum atomic E-state index is -0.817. The summed E-state index contributed by atoms with van der Waals surface area (Å²) in [6.45, 7) is 6.37. The largest absolute Gasteiger partial charge is 0.462 e. The molecule has 0 bridgehead atoms. The number of esters is 3. The summed E-state index contributed by atoms with van der Waals surface area (Å²) in [6.07, 6.45) is 63.0. The lowest BCUT2D eigenvalue weighted by Gasteiger charge is -2.18. The summed E-state index contributed by atoms with van der Waals surface area (Å²) >= 11 is 0. The molecule has 0 heterocycles. The Balaban J connectivity index is 4.43. The number of rotatable bonds is 44. The Hall–Kier alpha value is -3.41. The molecule has 0 saturated carbocycles. The highest BCUT2D eigenvalue weighted by molar-refractivity contribution is 5.71. The number of ether oxygens (including phenoxy) is 3. The van der Waals surface area contributed by atoms with E-state index in [9.17, 15) is 14.4 Å². The van der Waals surface area contributed by atoms with Crippen LogP contribution in [0.4, 0.5) is 0 Å². The number of hydrogen-bond acceptors (Lipinski definition) is 6. The van der Waals surface area contributed by atoms with Crippen LogP contribution in [-0.2, 0) is 28.6 Å². The fourth-order valence-corrected chi connectivity index (χ4v) is 6.68. The van der Waals surface area contributed by atoms with Gasteiger partial charge >= 0.3 is 17.9 Å². The number of carbonyl (C=O) groups excluding carboxylic acids is 3. The fraction of sp³-hybridized carbons (Fsp3) is 0.691. The van der Waals surface area contributed by atoms with E-state index in [1.807, 2.05) is 54.7 Å². The number of hydrogen-bond donors (Lipinski definition) is 0. The quantitative estimate of drug-likeness (QED) is 0.0200. The van der Waals surface area contributed by atoms with Crippen LogP contribution in [0.25, 0.3) is 0 Å². The first kappa shape index (κ1) is 57.6. The molecule has 1 atom stereocenters. The minimum Gasteiger partial charge on any atom is -0.462 e. The molecule has 0 aromatic rings. The average Bonchev–Trinajstić information content (AvgIpc) is 3.26. The number of carbonyl (C=O) groups is 3. The van der Waals surface area contributed by atoms with Gasteiger partial charge in [-0.2, -0.15) is 0 Å². The van der Waals surface area contributed by atoms with Gasteiger partial charge in [0.1, 0.15) is 13.2 Å². The van der Waals surface area contributed by atoms with Gasteiger partial charge in [-0.05, 0) is 77.0 Å². The number of allylic oxidation sites excluding steroid dienone is 14. The van der Waals surface area contributed by atoms with Gasteiger partial charge in [0.05, 0.1) is 0 Å². The Bertz CT molecular complexity index is 1200. The van der Waals surface area contributed by atoms with Gasteiger partial charge in [0, 0.05) is 19.3 Å². The van der Waals surface area contributed by atoms with E-state index < -0.39 is 6.10 Å². The van der Waals surface area contributed by atoms with Crippen LogP contribution in [0.1, 0.15) is 226 Å². The van der Waals surface area contributed by atoms with Gasteiger partial charge in [-0.25, -0.2) is 0 Å².